The molecule has 3 nitrogen and oxygen atoms in total. The molecule has 6 heteroatoms. The van der Waals surface area contributed by atoms with Gasteiger partial charge in [-0.2, -0.15) is 0 Å². The van der Waals surface area contributed by atoms with Crippen LogP contribution >= 0.6 is 30.6 Å². The van der Waals surface area contributed by atoms with E-state index in [1.807, 2.05) is 36.4 Å². The van der Waals surface area contributed by atoms with Gasteiger partial charge in [0.15, 0.2) is 0 Å². The molecule has 0 aliphatic carbocycles. The SMILES string of the molecule is O=c1ossso1.c1ccccc1. The van der Waals surface area contributed by atoms with Crippen LogP contribution in [0.1, 0.15) is 0 Å². The van der Waals surface area contributed by atoms with Gasteiger partial charge < -0.3 is 7.70 Å². The van der Waals surface area contributed by atoms with Gasteiger partial charge in [-0.25, -0.2) is 4.79 Å². The van der Waals surface area contributed by atoms with Crippen LogP contribution in [-0.4, -0.2) is 0 Å². The van der Waals surface area contributed by atoms with Gasteiger partial charge in [0.2, 0.25) is 0 Å². The van der Waals surface area contributed by atoms with Gasteiger partial charge in [0.25, 0.3) is 0 Å². The molecule has 0 radical (unpaired) electrons. The first kappa shape index (κ1) is 10.2. The Labute approximate surface area is 85.4 Å². The van der Waals surface area contributed by atoms with E-state index in [4.69, 9.17) is 0 Å². The Hall–Kier alpha value is -0.850. The van der Waals surface area contributed by atoms with E-state index in [2.05, 4.69) is 7.70 Å². The zero-order valence-electron chi connectivity index (χ0n) is 6.41. The van der Waals surface area contributed by atoms with Gasteiger partial charge in [-0.05, 0) is 0 Å². The monoisotopic (exact) mass is 234 g/mol. The van der Waals surface area contributed by atoms with E-state index in [-0.39, 0.29) is 0 Å². The van der Waals surface area contributed by atoms with Crippen molar-refractivity contribution in [1.82, 2.24) is 0 Å². The summed E-state index contributed by atoms with van der Waals surface area (Å²) in [6.07, 6.45) is 0. The highest BCUT2D eigenvalue weighted by Crippen LogP contribution is 2.05. The Balaban J connectivity index is 0.000000132. The van der Waals surface area contributed by atoms with Crippen molar-refractivity contribution in [3.05, 3.63) is 47.0 Å². The van der Waals surface area contributed by atoms with Crippen molar-refractivity contribution < 1.29 is 7.70 Å². The van der Waals surface area contributed by atoms with E-state index < -0.39 is 5.82 Å². The first-order valence-electron chi connectivity index (χ1n) is 3.28. The fourth-order valence-electron chi connectivity index (χ4n) is 0.493. The predicted molar refractivity (Wildman–Crippen MR) is 54.9 cm³/mol. The number of rotatable bonds is 0. The average molecular weight is 234 g/mol. The zero-order valence-corrected chi connectivity index (χ0v) is 8.86. The van der Waals surface area contributed by atoms with Gasteiger partial charge in [-0.1, -0.05) is 36.4 Å². The Morgan fingerprint density at radius 2 is 1.23 bits per heavy atom. The van der Waals surface area contributed by atoms with Crippen molar-refractivity contribution in [2.24, 2.45) is 0 Å². The third-order valence-corrected chi connectivity index (χ3v) is 3.19. The standard InChI is InChI=1S/C6H6.CO3S3/c1-2-4-6-5-3-1;2-1-3-5-7-6-4-1/h1-6H;. The molecule has 2 rings (SSSR count). The minimum absolute atomic E-state index is 0.631. The molecule has 0 atom stereocenters. The third kappa shape index (κ3) is 5.40. The highest BCUT2D eigenvalue weighted by atomic mass is 33.2. The summed E-state index contributed by atoms with van der Waals surface area (Å²) in [5.74, 6) is -0.631. The predicted octanol–water partition coefficient (Wildman–Crippen LogP) is 3.23. The van der Waals surface area contributed by atoms with Crippen molar-refractivity contribution in [3.8, 4) is 0 Å². The van der Waals surface area contributed by atoms with E-state index in [1.165, 1.54) is 9.34 Å². The largest absolute Gasteiger partial charge is 0.544 e. The summed E-state index contributed by atoms with van der Waals surface area (Å²) >= 11 is 0. The van der Waals surface area contributed by atoms with Crippen LogP contribution in [0, 0.1) is 0 Å². The van der Waals surface area contributed by atoms with Crippen LogP contribution in [0.15, 0.2) is 48.9 Å². The lowest BCUT2D eigenvalue weighted by Crippen LogP contribution is -1.86. The molecule has 1 aromatic carbocycles. The molecule has 0 saturated carbocycles. The molecule has 0 fully saturated rings. The van der Waals surface area contributed by atoms with Gasteiger partial charge >= 0.3 is 5.82 Å². The van der Waals surface area contributed by atoms with Crippen LogP contribution in [-0.2, 0) is 0 Å². The van der Waals surface area contributed by atoms with Gasteiger partial charge in [-0.15, -0.1) is 0 Å². The molecular formula is C7H6O3S3. The van der Waals surface area contributed by atoms with Crippen LogP contribution < -0.4 is 5.82 Å². The first-order valence-corrected chi connectivity index (χ1v) is 6.61. The second kappa shape index (κ2) is 6.64. The topological polar surface area (TPSA) is 43.4 Å². The molecule has 0 saturated heterocycles. The van der Waals surface area contributed by atoms with E-state index >= 15 is 0 Å². The van der Waals surface area contributed by atoms with Crippen LogP contribution in [0.4, 0.5) is 0 Å². The molecule has 0 aliphatic rings. The fraction of sp³-hybridized carbons (Fsp3) is 0. The quantitative estimate of drug-likeness (QED) is 0.657. The van der Waals surface area contributed by atoms with E-state index in [9.17, 15) is 4.79 Å². The highest BCUT2D eigenvalue weighted by Gasteiger charge is 1.79. The van der Waals surface area contributed by atoms with Crippen molar-refractivity contribution in [2.75, 3.05) is 0 Å². The number of hydrogen-bond donors (Lipinski definition) is 0. The van der Waals surface area contributed by atoms with E-state index in [0.29, 0.717) is 0 Å². The lowest BCUT2D eigenvalue weighted by atomic mass is 10.4. The average Bonchev–Trinajstić information content (AvgIpc) is 2.22. The van der Waals surface area contributed by atoms with Gasteiger partial charge in [0.05, 0.1) is 9.34 Å². The van der Waals surface area contributed by atoms with Crippen LogP contribution in [0.5, 0.6) is 0 Å². The zero-order chi connectivity index (χ0) is 9.36. The maximum absolute atomic E-state index is 9.96. The molecular weight excluding hydrogens is 228 g/mol. The van der Waals surface area contributed by atoms with E-state index in [1.54, 1.807) is 0 Å². The number of benzene rings is 1. The Morgan fingerprint density at radius 3 is 1.46 bits per heavy atom. The molecule has 1 aromatic heterocycles. The normalized spacial score (nSPS) is 8.31. The van der Waals surface area contributed by atoms with Crippen LogP contribution in [0.2, 0.25) is 0 Å². The molecule has 2 aromatic rings. The van der Waals surface area contributed by atoms with Crippen molar-refractivity contribution in [3.63, 3.8) is 0 Å². The minimum Gasteiger partial charge on any atom is -0.320 e. The summed E-state index contributed by atoms with van der Waals surface area (Å²) in [6, 6.07) is 12.0. The maximum Gasteiger partial charge on any atom is 0.544 e. The van der Waals surface area contributed by atoms with Crippen molar-refractivity contribution in [2.45, 2.75) is 0 Å². The van der Waals surface area contributed by atoms with Crippen LogP contribution in [0.25, 0.3) is 0 Å². The minimum atomic E-state index is -0.631. The number of hydrogen-bond acceptors (Lipinski definition) is 6. The Bertz CT molecular complexity index is 332. The first-order chi connectivity index (χ1) is 6.39. The smallest absolute Gasteiger partial charge is 0.320 e. The van der Waals surface area contributed by atoms with Gasteiger partial charge in [0, 0.05) is 0 Å². The summed E-state index contributed by atoms with van der Waals surface area (Å²) in [4.78, 5) is 9.96. The summed E-state index contributed by atoms with van der Waals surface area (Å²) in [7, 11) is 3.28. The summed E-state index contributed by atoms with van der Waals surface area (Å²) in [5, 5.41) is 0. The fourth-order valence-corrected chi connectivity index (χ4v) is 2.07. The Morgan fingerprint density at radius 1 is 0.846 bits per heavy atom. The summed E-state index contributed by atoms with van der Waals surface area (Å²) in [5.41, 5.74) is 0. The lowest BCUT2D eigenvalue weighted by Gasteiger charge is -1.69. The lowest BCUT2D eigenvalue weighted by molar-refractivity contribution is 0.440. The molecule has 0 N–H and O–H groups in total. The van der Waals surface area contributed by atoms with Gasteiger partial charge in [-0.3, -0.25) is 0 Å². The van der Waals surface area contributed by atoms with Crippen molar-refractivity contribution in [1.29, 1.82) is 0 Å². The molecule has 1 heterocycles. The maximum atomic E-state index is 9.96. The highest BCUT2D eigenvalue weighted by molar-refractivity contribution is 7.90. The summed E-state index contributed by atoms with van der Waals surface area (Å²) in [6.45, 7) is 0. The molecule has 0 amide bonds. The molecule has 70 valence electrons. The van der Waals surface area contributed by atoms with Gasteiger partial charge in [0.1, 0.15) is 21.3 Å². The third-order valence-electron chi connectivity index (χ3n) is 0.926. The second-order valence-electron chi connectivity index (χ2n) is 1.78. The molecule has 0 spiro atoms. The van der Waals surface area contributed by atoms with Crippen molar-refractivity contribution >= 4 is 30.6 Å². The molecule has 13 heavy (non-hydrogen) atoms. The molecule has 0 unspecified atom stereocenters. The van der Waals surface area contributed by atoms with Crippen LogP contribution in [0.3, 0.4) is 0 Å². The molecule has 0 bridgehead atoms. The summed E-state index contributed by atoms with van der Waals surface area (Å²) < 4.78 is 8.55. The second-order valence-corrected chi connectivity index (χ2v) is 4.97. The molecule has 0 aliphatic heterocycles. The van der Waals surface area contributed by atoms with E-state index in [0.717, 1.165) is 21.3 Å². The Kier molecular flexibility index (Phi) is 5.23.